The topological polar surface area (TPSA) is 229 Å². The number of nitrogens with zero attached hydrogens (tertiary/aromatic N) is 1. The summed E-state index contributed by atoms with van der Waals surface area (Å²) >= 11 is 0. The van der Waals surface area contributed by atoms with Crippen LogP contribution in [0.3, 0.4) is 0 Å². The van der Waals surface area contributed by atoms with Crippen LogP contribution in [-0.4, -0.2) is 59.4 Å². The van der Waals surface area contributed by atoms with Gasteiger partial charge in [0.25, 0.3) is 0 Å². The summed E-state index contributed by atoms with van der Waals surface area (Å²) in [5.41, 5.74) is 21.3. The second-order valence-electron chi connectivity index (χ2n) is 7.15. The molecule has 3 atom stereocenters. The van der Waals surface area contributed by atoms with E-state index in [0.717, 1.165) is 0 Å². The number of nitrogens with one attached hydrogen (secondary N) is 2. The van der Waals surface area contributed by atoms with Crippen LogP contribution >= 0.6 is 0 Å². The summed E-state index contributed by atoms with van der Waals surface area (Å²) in [5.74, 6) is -3.17. The first-order valence-electron chi connectivity index (χ1n) is 9.36. The van der Waals surface area contributed by atoms with Crippen LogP contribution in [0, 0.1) is 5.92 Å². The molecule has 3 unspecified atom stereocenters. The molecular formula is C17H33N7O5. The van der Waals surface area contributed by atoms with E-state index in [1.54, 1.807) is 0 Å². The highest BCUT2D eigenvalue weighted by Gasteiger charge is 2.28. The predicted molar refractivity (Wildman–Crippen MR) is 107 cm³/mol. The normalized spacial score (nSPS) is 13.8. The van der Waals surface area contributed by atoms with Crippen molar-refractivity contribution < 1.29 is 24.3 Å². The van der Waals surface area contributed by atoms with Crippen LogP contribution in [0.2, 0.25) is 0 Å². The Kier molecular flexibility index (Phi) is 12.0. The SMILES string of the molecule is CC(C)CC(N)C(=O)NC(CCC(N)=O)C(=O)NC(CCCN=C(N)N)C(=O)O. The van der Waals surface area contributed by atoms with Crippen molar-refractivity contribution >= 4 is 29.7 Å². The largest absolute Gasteiger partial charge is 0.480 e. The van der Waals surface area contributed by atoms with E-state index in [0.29, 0.717) is 12.8 Å². The van der Waals surface area contributed by atoms with Gasteiger partial charge in [-0.05, 0) is 31.6 Å². The van der Waals surface area contributed by atoms with Gasteiger partial charge in [0.15, 0.2) is 5.96 Å². The lowest BCUT2D eigenvalue weighted by atomic mass is 10.0. The summed E-state index contributed by atoms with van der Waals surface area (Å²) in [6.45, 7) is 3.99. The number of hydrogen-bond donors (Lipinski definition) is 7. The van der Waals surface area contributed by atoms with Crippen molar-refractivity contribution in [2.24, 2.45) is 33.8 Å². The first kappa shape index (κ1) is 26.1. The fraction of sp³-hybridized carbons (Fsp3) is 0.706. The maximum atomic E-state index is 12.5. The minimum Gasteiger partial charge on any atom is -0.480 e. The van der Waals surface area contributed by atoms with E-state index in [1.165, 1.54) is 0 Å². The van der Waals surface area contributed by atoms with Gasteiger partial charge in [-0.2, -0.15) is 0 Å². The van der Waals surface area contributed by atoms with Crippen LogP contribution in [0.4, 0.5) is 0 Å². The second-order valence-corrected chi connectivity index (χ2v) is 7.15. The molecule has 0 aliphatic rings. The number of carbonyl (C=O) groups is 4. The third-order valence-corrected chi connectivity index (χ3v) is 3.93. The number of hydrogen-bond acceptors (Lipinski definition) is 6. The molecule has 0 saturated heterocycles. The molecule has 0 heterocycles. The Morgan fingerprint density at radius 3 is 2.03 bits per heavy atom. The molecule has 0 fully saturated rings. The lowest BCUT2D eigenvalue weighted by Gasteiger charge is -2.23. The Labute approximate surface area is 169 Å². The van der Waals surface area contributed by atoms with Crippen LogP contribution in [-0.2, 0) is 19.2 Å². The fourth-order valence-electron chi connectivity index (χ4n) is 2.48. The van der Waals surface area contributed by atoms with Crippen molar-refractivity contribution in [2.45, 2.75) is 64.1 Å². The summed E-state index contributed by atoms with van der Waals surface area (Å²) in [5, 5.41) is 14.1. The molecule has 0 aromatic carbocycles. The number of aliphatic imine (C=N–C) groups is 1. The van der Waals surface area contributed by atoms with Crippen LogP contribution in [0.5, 0.6) is 0 Å². The van der Waals surface area contributed by atoms with Crippen LogP contribution in [0.15, 0.2) is 4.99 Å². The molecule has 0 aromatic heterocycles. The molecule has 0 aliphatic carbocycles. The molecule has 0 aliphatic heterocycles. The van der Waals surface area contributed by atoms with Gasteiger partial charge in [0.05, 0.1) is 6.04 Å². The first-order chi connectivity index (χ1) is 13.4. The van der Waals surface area contributed by atoms with Crippen molar-refractivity contribution in [1.82, 2.24) is 10.6 Å². The van der Waals surface area contributed by atoms with Gasteiger partial charge in [0, 0.05) is 13.0 Å². The van der Waals surface area contributed by atoms with E-state index in [9.17, 15) is 24.3 Å². The van der Waals surface area contributed by atoms with E-state index in [4.69, 9.17) is 22.9 Å². The maximum absolute atomic E-state index is 12.5. The van der Waals surface area contributed by atoms with Gasteiger partial charge >= 0.3 is 5.97 Å². The molecule has 166 valence electrons. The van der Waals surface area contributed by atoms with Crippen molar-refractivity contribution in [1.29, 1.82) is 0 Å². The highest BCUT2D eigenvalue weighted by Crippen LogP contribution is 2.06. The molecule has 0 bridgehead atoms. The lowest BCUT2D eigenvalue weighted by Crippen LogP contribution is -2.54. The summed E-state index contributed by atoms with van der Waals surface area (Å²) in [6, 6.07) is -3.20. The van der Waals surface area contributed by atoms with Crippen molar-refractivity contribution in [3.05, 3.63) is 0 Å². The van der Waals surface area contributed by atoms with E-state index in [-0.39, 0.29) is 37.7 Å². The Morgan fingerprint density at radius 2 is 1.55 bits per heavy atom. The van der Waals surface area contributed by atoms with Gasteiger partial charge in [-0.1, -0.05) is 13.8 Å². The van der Waals surface area contributed by atoms with Gasteiger partial charge in [-0.25, -0.2) is 4.79 Å². The molecule has 29 heavy (non-hydrogen) atoms. The monoisotopic (exact) mass is 415 g/mol. The number of carboxylic acid groups (broad SMARTS) is 1. The minimum atomic E-state index is -1.25. The van der Waals surface area contributed by atoms with Gasteiger partial charge in [-0.15, -0.1) is 0 Å². The molecule has 0 radical (unpaired) electrons. The predicted octanol–water partition coefficient (Wildman–Crippen LogP) is -2.27. The zero-order valence-electron chi connectivity index (χ0n) is 16.9. The number of rotatable bonds is 14. The minimum absolute atomic E-state index is 0.0706. The Hall–Kier alpha value is -2.89. The van der Waals surface area contributed by atoms with E-state index in [2.05, 4.69) is 15.6 Å². The van der Waals surface area contributed by atoms with E-state index in [1.807, 2.05) is 13.8 Å². The van der Waals surface area contributed by atoms with Crippen LogP contribution in [0.25, 0.3) is 0 Å². The Morgan fingerprint density at radius 1 is 0.966 bits per heavy atom. The zero-order chi connectivity index (χ0) is 22.6. The quantitative estimate of drug-likeness (QED) is 0.0926. The first-order valence-corrected chi connectivity index (χ1v) is 9.36. The molecule has 11 N–H and O–H groups in total. The van der Waals surface area contributed by atoms with Crippen LogP contribution < -0.4 is 33.6 Å². The standard InChI is InChI=1S/C17H33N7O5/c1-9(2)8-10(18)14(26)23-11(5-6-13(19)25)15(27)24-12(16(28)29)4-3-7-22-17(20)21/h9-12H,3-8,18H2,1-2H3,(H2,19,25)(H,23,26)(H,24,27)(H,28,29)(H4,20,21,22). The maximum Gasteiger partial charge on any atom is 0.326 e. The van der Waals surface area contributed by atoms with E-state index >= 15 is 0 Å². The Balaban J connectivity index is 5.05. The number of amides is 3. The molecule has 0 saturated carbocycles. The molecule has 12 heteroatoms. The van der Waals surface area contributed by atoms with Gasteiger partial charge in [0.2, 0.25) is 17.7 Å². The summed E-state index contributed by atoms with van der Waals surface area (Å²) < 4.78 is 0. The number of primary amides is 1. The van der Waals surface area contributed by atoms with Crippen LogP contribution in [0.1, 0.15) is 46.0 Å². The highest BCUT2D eigenvalue weighted by molar-refractivity contribution is 5.92. The third-order valence-electron chi connectivity index (χ3n) is 3.93. The average Bonchev–Trinajstić information content (AvgIpc) is 2.59. The van der Waals surface area contributed by atoms with Crippen molar-refractivity contribution in [2.75, 3.05) is 6.54 Å². The lowest BCUT2D eigenvalue weighted by molar-refractivity contribution is -0.142. The molecule has 12 nitrogen and oxygen atoms in total. The van der Waals surface area contributed by atoms with Crippen molar-refractivity contribution in [3.8, 4) is 0 Å². The summed E-state index contributed by atoms with van der Waals surface area (Å²) in [6.07, 6.45) is 0.536. The summed E-state index contributed by atoms with van der Waals surface area (Å²) in [4.78, 5) is 51.0. The number of carbonyl (C=O) groups excluding carboxylic acids is 3. The molecule has 0 rings (SSSR count). The number of nitrogens with two attached hydrogens (primary N) is 4. The zero-order valence-corrected chi connectivity index (χ0v) is 16.9. The van der Waals surface area contributed by atoms with Gasteiger partial charge in [0.1, 0.15) is 12.1 Å². The van der Waals surface area contributed by atoms with Gasteiger partial charge in [-0.3, -0.25) is 19.4 Å². The third kappa shape index (κ3) is 12.2. The number of guanidine groups is 1. The second kappa shape index (κ2) is 13.3. The smallest absolute Gasteiger partial charge is 0.326 e. The molecule has 3 amide bonds. The number of aliphatic carboxylic acids is 1. The Bertz CT molecular complexity index is 605. The van der Waals surface area contributed by atoms with Gasteiger partial charge < -0.3 is 38.7 Å². The summed E-state index contributed by atoms with van der Waals surface area (Å²) in [7, 11) is 0. The highest BCUT2D eigenvalue weighted by atomic mass is 16.4. The molecule has 0 spiro atoms. The molecule has 0 aromatic rings. The fourth-order valence-corrected chi connectivity index (χ4v) is 2.48. The average molecular weight is 415 g/mol. The number of carboxylic acids is 1. The molecular weight excluding hydrogens is 382 g/mol. The van der Waals surface area contributed by atoms with Crippen molar-refractivity contribution in [3.63, 3.8) is 0 Å². The van der Waals surface area contributed by atoms with E-state index < -0.39 is 41.8 Å².